The molecule has 8 nitrogen and oxygen atoms in total. The highest BCUT2D eigenvalue weighted by atomic mass is 16.5. The minimum absolute atomic E-state index is 0.259. The molecule has 0 fully saturated rings. The highest BCUT2D eigenvalue weighted by molar-refractivity contribution is 5.79. The minimum Gasteiger partial charge on any atom is -0.493 e. The number of aryl methyl sites for hydroxylation is 1. The number of hydrogen-bond donors (Lipinski definition) is 2. The predicted octanol–water partition coefficient (Wildman–Crippen LogP) is 2.94. The van der Waals surface area contributed by atoms with E-state index in [0.717, 1.165) is 17.7 Å². The molecular formula is C21H24N6O2. The van der Waals surface area contributed by atoms with Gasteiger partial charge < -0.3 is 15.1 Å². The van der Waals surface area contributed by atoms with Crippen molar-refractivity contribution in [2.75, 3.05) is 6.61 Å². The summed E-state index contributed by atoms with van der Waals surface area (Å²) in [5.74, 6) is 1.19. The number of H-pyrrole nitrogens is 1. The Morgan fingerprint density at radius 3 is 2.76 bits per heavy atom. The van der Waals surface area contributed by atoms with Crippen LogP contribution in [0.3, 0.4) is 0 Å². The van der Waals surface area contributed by atoms with Crippen molar-refractivity contribution in [3.05, 3.63) is 64.9 Å². The lowest BCUT2D eigenvalue weighted by Crippen LogP contribution is -2.33. The summed E-state index contributed by atoms with van der Waals surface area (Å²) in [6.07, 6.45) is 9.20. The summed E-state index contributed by atoms with van der Waals surface area (Å²) in [4.78, 5) is 20.4. The summed E-state index contributed by atoms with van der Waals surface area (Å²) in [5, 5.41) is 6.41. The molecule has 3 heterocycles. The SMILES string of the molecule is CCCOc1ccccc1-c1nc2c(CC)n(CN3C=CC=CN3)nc2c(=O)[nH]1. The van der Waals surface area contributed by atoms with Crippen LogP contribution in [0.4, 0.5) is 0 Å². The van der Waals surface area contributed by atoms with Crippen LogP contribution in [0.1, 0.15) is 26.0 Å². The molecule has 0 atom stereocenters. The Morgan fingerprint density at radius 2 is 2.00 bits per heavy atom. The van der Waals surface area contributed by atoms with E-state index >= 15 is 0 Å². The molecule has 1 aliphatic heterocycles. The maximum absolute atomic E-state index is 12.8. The molecule has 4 rings (SSSR count). The first-order valence-corrected chi connectivity index (χ1v) is 9.79. The number of hydrazine groups is 1. The molecular weight excluding hydrogens is 368 g/mol. The topological polar surface area (TPSA) is 88.1 Å². The third-order valence-corrected chi connectivity index (χ3v) is 4.64. The average Bonchev–Trinajstić information content (AvgIpc) is 3.10. The molecule has 0 bridgehead atoms. The lowest BCUT2D eigenvalue weighted by Gasteiger charge is -2.22. The van der Waals surface area contributed by atoms with E-state index in [0.29, 0.717) is 42.3 Å². The van der Waals surface area contributed by atoms with E-state index in [2.05, 4.69) is 22.4 Å². The van der Waals surface area contributed by atoms with Gasteiger partial charge in [-0.1, -0.05) is 26.0 Å². The van der Waals surface area contributed by atoms with Gasteiger partial charge in [-0.3, -0.25) is 9.80 Å². The number of fused-ring (bicyclic) bond motifs is 1. The zero-order valence-corrected chi connectivity index (χ0v) is 16.6. The fraction of sp³-hybridized carbons (Fsp3) is 0.286. The molecule has 3 aromatic rings. The van der Waals surface area contributed by atoms with Gasteiger partial charge in [0.05, 0.1) is 17.9 Å². The van der Waals surface area contributed by atoms with Crippen molar-refractivity contribution >= 4 is 11.0 Å². The summed E-state index contributed by atoms with van der Waals surface area (Å²) in [6.45, 7) is 5.16. The average molecular weight is 392 g/mol. The first-order valence-electron chi connectivity index (χ1n) is 9.79. The van der Waals surface area contributed by atoms with Gasteiger partial charge in [-0.25, -0.2) is 9.67 Å². The van der Waals surface area contributed by atoms with E-state index in [4.69, 9.17) is 9.72 Å². The molecule has 29 heavy (non-hydrogen) atoms. The quantitative estimate of drug-likeness (QED) is 0.643. The van der Waals surface area contributed by atoms with Crippen molar-refractivity contribution in [3.63, 3.8) is 0 Å². The first kappa shape index (κ1) is 18.8. The van der Waals surface area contributed by atoms with Crippen molar-refractivity contribution in [3.8, 4) is 17.1 Å². The van der Waals surface area contributed by atoms with E-state index < -0.39 is 0 Å². The molecule has 0 aliphatic carbocycles. The summed E-state index contributed by atoms with van der Waals surface area (Å²) < 4.78 is 7.66. The third-order valence-electron chi connectivity index (χ3n) is 4.64. The number of ether oxygens (including phenoxy) is 1. The number of nitrogens with zero attached hydrogens (tertiary/aromatic N) is 4. The van der Waals surface area contributed by atoms with Gasteiger partial charge in [0.2, 0.25) is 0 Å². The molecule has 0 saturated heterocycles. The first-order chi connectivity index (χ1) is 14.2. The number of para-hydroxylation sites is 1. The molecule has 8 heteroatoms. The maximum Gasteiger partial charge on any atom is 0.279 e. The second-order valence-electron chi connectivity index (χ2n) is 6.70. The van der Waals surface area contributed by atoms with Crippen molar-refractivity contribution in [1.82, 2.24) is 30.2 Å². The van der Waals surface area contributed by atoms with E-state index in [-0.39, 0.29) is 5.56 Å². The molecule has 0 amide bonds. The summed E-state index contributed by atoms with van der Waals surface area (Å²) >= 11 is 0. The van der Waals surface area contributed by atoms with Crippen LogP contribution in [0, 0.1) is 0 Å². The van der Waals surface area contributed by atoms with Crippen LogP contribution >= 0.6 is 0 Å². The Bertz CT molecular complexity index is 1130. The Morgan fingerprint density at radius 1 is 1.14 bits per heavy atom. The molecule has 1 aromatic carbocycles. The van der Waals surface area contributed by atoms with Crippen molar-refractivity contribution in [2.24, 2.45) is 0 Å². The molecule has 0 saturated carbocycles. The number of benzene rings is 1. The molecule has 0 spiro atoms. The third kappa shape index (κ3) is 3.73. The Hall–Kier alpha value is -3.55. The number of nitrogens with one attached hydrogen (secondary N) is 2. The lowest BCUT2D eigenvalue weighted by atomic mass is 10.2. The van der Waals surface area contributed by atoms with Crippen LogP contribution in [0.15, 0.2) is 53.6 Å². The van der Waals surface area contributed by atoms with Crippen molar-refractivity contribution < 1.29 is 4.74 Å². The van der Waals surface area contributed by atoms with Crippen LogP contribution in [0.5, 0.6) is 5.75 Å². The Balaban J connectivity index is 1.78. The van der Waals surface area contributed by atoms with E-state index in [1.165, 1.54) is 0 Å². The van der Waals surface area contributed by atoms with Gasteiger partial charge in [0, 0.05) is 12.4 Å². The molecule has 150 valence electrons. The zero-order chi connectivity index (χ0) is 20.2. The predicted molar refractivity (Wildman–Crippen MR) is 112 cm³/mol. The normalized spacial score (nSPS) is 13.1. The van der Waals surface area contributed by atoms with Gasteiger partial charge in [-0.05, 0) is 37.1 Å². The number of rotatable bonds is 7. The van der Waals surface area contributed by atoms with Crippen LogP contribution in [0.25, 0.3) is 22.4 Å². The summed E-state index contributed by atoms with van der Waals surface area (Å²) in [6, 6.07) is 7.61. The van der Waals surface area contributed by atoms with Gasteiger partial charge >= 0.3 is 0 Å². The van der Waals surface area contributed by atoms with Crippen LogP contribution < -0.4 is 15.7 Å². The molecule has 1 aliphatic rings. The lowest BCUT2D eigenvalue weighted by molar-refractivity contribution is 0.233. The largest absolute Gasteiger partial charge is 0.493 e. The van der Waals surface area contributed by atoms with Gasteiger partial charge in [0.15, 0.2) is 5.52 Å². The van der Waals surface area contributed by atoms with Crippen LogP contribution in [-0.2, 0) is 13.1 Å². The highest BCUT2D eigenvalue weighted by Crippen LogP contribution is 2.28. The summed E-state index contributed by atoms with van der Waals surface area (Å²) in [7, 11) is 0. The molecule has 0 radical (unpaired) electrons. The van der Waals surface area contributed by atoms with Gasteiger partial charge in [-0.2, -0.15) is 5.10 Å². The van der Waals surface area contributed by atoms with Gasteiger partial charge in [0.1, 0.15) is 23.8 Å². The van der Waals surface area contributed by atoms with E-state index in [1.54, 1.807) is 0 Å². The van der Waals surface area contributed by atoms with Crippen LogP contribution in [0.2, 0.25) is 0 Å². The van der Waals surface area contributed by atoms with E-state index in [9.17, 15) is 4.79 Å². The second kappa shape index (κ2) is 8.22. The number of aromatic amines is 1. The second-order valence-corrected chi connectivity index (χ2v) is 6.70. The minimum atomic E-state index is -0.259. The van der Waals surface area contributed by atoms with Crippen molar-refractivity contribution in [2.45, 2.75) is 33.4 Å². The number of aromatic nitrogens is 4. The Labute approximate surface area is 168 Å². The smallest absolute Gasteiger partial charge is 0.279 e. The van der Waals surface area contributed by atoms with Gasteiger partial charge in [0.25, 0.3) is 5.56 Å². The standard InChI is InChI=1S/C21H24N6O2/c1-3-13-29-17-10-6-5-9-15(17)20-23-18-16(4-2)27(25-19(18)21(28)24-20)14-26-12-8-7-11-22-26/h5-12,22H,3-4,13-14H2,1-2H3,(H,23,24,28). The fourth-order valence-electron chi connectivity index (χ4n) is 3.28. The Kier molecular flexibility index (Phi) is 5.33. The maximum atomic E-state index is 12.8. The zero-order valence-electron chi connectivity index (χ0n) is 16.6. The van der Waals surface area contributed by atoms with Gasteiger partial charge in [-0.15, -0.1) is 0 Å². The van der Waals surface area contributed by atoms with E-state index in [1.807, 2.05) is 65.4 Å². The molecule has 0 unspecified atom stereocenters. The number of allylic oxidation sites excluding steroid dienone is 2. The molecule has 2 aromatic heterocycles. The van der Waals surface area contributed by atoms with Crippen molar-refractivity contribution in [1.29, 1.82) is 0 Å². The number of hydrogen-bond acceptors (Lipinski definition) is 6. The highest BCUT2D eigenvalue weighted by Gasteiger charge is 2.18. The molecule has 2 N–H and O–H groups in total. The summed E-state index contributed by atoms with van der Waals surface area (Å²) in [5.41, 5.74) is 5.50. The van der Waals surface area contributed by atoms with Crippen LogP contribution in [-0.4, -0.2) is 31.4 Å². The fourth-order valence-corrected chi connectivity index (χ4v) is 3.28. The monoisotopic (exact) mass is 392 g/mol.